The molecule has 0 radical (unpaired) electrons. The molecule has 4 rings (SSSR count). The average molecular weight is 331 g/mol. The lowest BCUT2D eigenvalue weighted by Gasteiger charge is -2.25. The normalized spacial score (nSPS) is 17.0. The van der Waals surface area contributed by atoms with E-state index in [0.717, 1.165) is 30.6 Å². The number of likely N-dealkylation sites (tertiary alicyclic amines) is 1. The van der Waals surface area contributed by atoms with Crippen molar-refractivity contribution in [2.45, 2.75) is 25.3 Å². The Morgan fingerprint density at radius 1 is 1.04 bits per heavy atom. The summed E-state index contributed by atoms with van der Waals surface area (Å²) < 4.78 is 2.06. The number of amides is 1. The summed E-state index contributed by atoms with van der Waals surface area (Å²) in [4.78, 5) is 18.9. The molecular weight excluding hydrogens is 310 g/mol. The molecule has 0 bridgehead atoms. The van der Waals surface area contributed by atoms with Crippen molar-refractivity contribution in [3.05, 3.63) is 84.4 Å². The van der Waals surface area contributed by atoms with Crippen LogP contribution < -0.4 is 0 Å². The highest BCUT2D eigenvalue weighted by Crippen LogP contribution is 2.32. The van der Waals surface area contributed by atoms with Crippen LogP contribution in [-0.2, 0) is 11.2 Å². The van der Waals surface area contributed by atoms with Crippen LogP contribution in [0.1, 0.15) is 30.0 Å². The predicted octanol–water partition coefficient (Wildman–Crippen LogP) is 3.78. The smallest absolute Gasteiger partial charge is 0.227 e. The molecule has 4 heteroatoms. The van der Waals surface area contributed by atoms with Crippen LogP contribution in [0.25, 0.3) is 5.69 Å². The molecule has 0 spiro atoms. The van der Waals surface area contributed by atoms with E-state index in [1.807, 2.05) is 53.7 Å². The van der Waals surface area contributed by atoms with Gasteiger partial charge in [-0.05, 0) is 60.4 Å². The van der Waals surface area contributed by atoms with Crippen molar-refractivity contribution in [1.82, 2.24) is 14.5 Å². The van der Waals surface area contributed by atoms with Crippen LogP contribution in [0.5, 0.6) is 0 Å². The summed E-state index contributed by atoms with van der Waals surface area (Å²) in [6, 6.07) is 16.4. The SMILES string of the molecule is O=C(Cc1ccc(-n2cccc2)cc1)N1CCC[C@H]1c1ccncc1. The summed E-state index contributed by atoms with van der Waals surface area (Å²) in [7, 11) is 0. The molecule has 1 saturated heterocycles. The van der Waals surface area contributed by atoms with E-state index in [9.17, 15) is 4.79 Å². The highest BCUT2D eigenvalue weighted by atomic mass is 16.2. The standard InChI is InChI=1S/C21H21N3O/c25-21(24-15-3-4-20(24)18-9-11-22-12-10-18)16-17-5-7-19(8-6-17)23-13-1-2-14-23/h1-2,5-14,20H,3-4,15-16H2/t20-/m0/s1. The maximum Gasteiger partial charge on any atom is 0.227 e. The highest BCUT2D eigenvalue weighted by Gasteiger charge is 2.29. The Balaban J connectivity index is 1.46. The molecule has 1 aliphatic heterocycles. The van der Waals surface area contributed by atoms with Gasteiger partial charge in [-0.1, -0.05) is 12.1 Å². The third-order valence-corrected chi connectivity index (χ3v) is 4.86. The quantitative estimate of drug-likeness (QED) is 0.730. The number of rotatable bonds is 4. The molecule has 3 aromatic rings. The van der Waals surface area contributed by atoms with Crippen molar-refractivity contribution < 1.29 is 4.79 Å². The number of benzene rings is 1. The van der Waals surface area contributed by atoms with Gasteiger partial charge >= 0.3 is 0 Å². The van der Waals surface area contributed by atoms with Crippen LogP contribution in [0.15, 0.2) is 73.3 Å². The Morgan fingerprint density at radius 3 is 2.48 bits per heavy atom. The zero-order valence-corrected chi connectivity index (χ0v) is 14.1. The van der Waals surface area contributed by atoms with Crippen molar-refractivity contribution in [1.29, 1.82) is 0 Å². The molecular formula is C21H21N3O. The minimum Gasteiger partial charge on any atom is -0.335 e. The minimum absolute atomic E-state index is 0.189. The van der Waals surface area contributed by atoms with Gasteiger partial charge in [0.25, 0.3) is 0 Å². The van der Waals surface area contributed by atoms with E-state index in [2.05, 4.69) is 21.7 Å². The molecule has 1 aliphatic rings. The summed E-state index contributed by atoms with van der Waals surface area (Å²) in [5.41, 5.74) is 3.35. The van der Waals surface area contributed by atoms with Crippen LogP contribution in [-0.4, -0.2) is 26.9 Å². The van der Waals surface area contributed by atoms with E-state index in [0.29, 0.717) is 6.42 Å². The summed E-state index contributed by atoms with van der Waals surface area (Å²) in [5.74, 6) is 0.202. The number of carbonyl (C=O) groups is 1. The molecule has 0 N–H and O–H groups in total. The van der Waals surface area contributed by atoms with Crippen molar-refractivity contribution in [3.8, 4) is 5.69 Å². The number of hydrogen-bond donors (Lipinski definition) is 0. The third kappa shape index (κ3) is 3.33. The molecule has 2 aromatic heterocycles. The molecule has 1 atom stereocenters. The second-order valence-electron chi connectivity index (χ2n) is 6.46. The Bertz CT molecular complexity index is 825. The lowest BCUT2D eigenvalue weighted by atomic mass is 10.1. The Hall–Kier alpha value is -2.88. The molecule has 25 heavy (non-hydrogen) atoms. The molecule has 126 valence electrons. The number of aromatic nitrogens is 2. The number of carbonyl (C=O) groups excluding carboxylic acids is 1. The van der Waals surface area contributed by atoms with Crippen LogP contribution in [0.2, 0.25) is 0 Å². The molecule has 1 amide bonds. The van der Waals surface area contributed by atoms with Gasteiger partial charge in [0.15, 0.2) is 0 Å². The molecule has 0 unspecified atom stereocenters. The number of nitrogens with zero attached hydrogens (tertiary/aromatic N) is 3. The van der Waals surface area contributed by atoms with E-state index < -0.39 is 0 Å². The van der Waals surface area contributed by atoms with Gasteiger partial charge < -0.3 is 9.47 Å². The number of pyridine rings is 1. The Labute approximate surface area is 147 Å². The molecule has 0 aliphatic carbocycles. The largest absolute Gasteiger partial charge is 0.335 e. The van der Waals surface area contributed by atoms with Crippen LogP contribution >= 0.6 is 0 Å². The van der Waals surface area contributed by atoms with E-state index in [4.69, 9.17) is 0 Å². The maximum atomic E-state index is 12.8. The predicted molar refractivity (Wildman–Crippen MR) is 97.4 cm³/mol. The second kappa shape index (κ2) is 6.93. The molecule has 3 heterocycles. The summed E-state index contributed by atoms with van der Waals surface area (Å²) >= 11 is 0. The summed E-state index contributed by atoms with van der Waals surface area (Å²) in [5, 5.41) is 0. The van der Waals surface area contributed by atoms with Gasteiger partial charge in [0.2, 0.25) is 5.91 Å². The molecule has 4 nitrogen and oxygen atoms in total. The highest BCUT2D eigenvalue weighted by molar-refractivity contribution is 5.79. The first-order chi connectivity index (χ1) is 12.3. The molecule has 1 aromatic carbocycles. The molecule has 1 fully saturated rings. The fraction of sp³-hybridized carbons (Fsp3) is 0.238. The molecule has 0 saturated carbocycles. The van der Waals surface area contributed by atoms with Crippen molar-refractivity contribution in [2.24, 2.45) is 0 Å². The van der Waals surface area contributed by atoms with E-state index in [1.54, 1.807) is 12.4 Å². The first kappa shape index (κ1) is 15.6. The van der Waals surface area contributed by atoms with Gasteiger partial charge in [-0.2, -0.15) is 0 Å². The van der Waals surface area contributed by atoms with E-state index in [-0.39, 0.29) is 11.9 Å². The first-order valence-electron chi connectivity index (χ1n) is 8.73. The van der Waals surface area contributed by atoms with Crippen LogP contribution in [0.3, 0.4) is 0 Å². The first-order valence-corrected chi connectivity index (χ1v) is 8.73. The summed E-state index contributed by atoms with van der Waals surface area (Å²) in [6.07, 6.45) is 10.2. The zero-order chi connectivity index (χ0) is 17.1. The minimum atomic E-state index is 0.189. The van der Waals surface area contributed by atoms with E-state index >= 15 is 0 Å². The van der Waals surface area contributed by atoms with Gasteiger partial charge in [-0.15, -0.1) is 0 Å². The summed E-state index contributed by atoms with van der Waals surface area (Å²) in [6.45, 7) is 0.841. The fourth-order valence-electron chi connectivity index (χ4n) is 3.57. The van der Waals surface area contributed by atoms with Gasteiger partial charge in [-0.3, -0.25) is 9.78 Å². The van der Waals surface area contributed by atoms with Gasteiger partial charge in [0.1, 0.15) is 0 Å². The lowest BCUT2D eigenvalue weighted by molar-refractivity contribution is -0.131. The maximum absolute atomic E-state index is 12.8. The third-order valence-electron chi connectivity index (χ3n) is 4.86. The van der Waals surface area contributed by atoms with Gasteiger partial charge in [0.05, 0.1) is 12.5 Å². The average Bonchev–Trinajstić information content (AvgIpc) is 3.35. The fourth-order valence-corrected chi connectivity index (χ4v) is 3.57. The van der Waals surface area contributed by atoms with Crippen LogP contribution in [0, 0.1) is 0 Å². The Kier molecular flexibility index (Phi) is 4.34. The second-order valence-corrected chi connectivity index (χ2v) is 6.46. The van der Waals surface area contributed by atoms with Crippen LogP contribution in [0.4, 0.5) is 0 Å². The zero-order valence-electron chi connectivity index (χ0n) is 14.1. The lowest BCUT2D eigenvalue weighted by Crippen LogP contribution is -2.31. The Morgan fingerprint density at radius 2 is 1.76 bits per heavy atom. The van der Waals surface area contributed by atoms with Crippen molar-refractivity contribution in [3.63, 3.8) is 0 Å². The number of hydrogen-bond acceptors (Lipinski definition) is 2. The van der Waals surface area contributed by atoms with E-state index in [1.165, 1.54) is 5.56 Å². The van der Waals surface area contributed by atoms with Crippen molar-refractivity contribution >= 4 is 5.91 Å². The van der Waals surface area contributed by atoms with Gasteiger partial charge in [0, 0.05) is 37.0 Å². The monoisotopic (exact) mass is 331 g/mol. The van der Waals surface area contributed by atoms with Crippen molar-refractivity contribution in [2.75, 3.05) is 6.54 Å². The van der Waals surface area contributed by atoms with Gasteiger partial charge in [-0.25, -0.2) is 0 Å². The topological polar surface area (TPSA) is 38.1 Å².